The number of aryl methyl sites for hydroxylation is 2. The van der Waals surface area contributed by atoms with Crippen molar-refractivity contribution in [1.29, 1.82) is 0 Å². The second-order valence-corrected chi connectivity index (χ2v) is 10.4. The molecular formula is C19H24N4O3S2. The number of thiazole rings is 1. The van der Waals surface area contributed by atoms with E-state index in [0.717, 1.165) is 22.1 Å². The minimum absolute atomic E-state index is 0.0156. The summed E-state index contributed by atoms with van der Waals surface area (Å²) in [4.78, 5) is 21.6. The second-order valence-electron chi connectivity index (χ2n) is 7.24. The Kier molecular flexibility index (Phi) is 4.93. The highest BCUT2D eigenvalue weighted by Crippen LogP contribution is 2.32. The number of rotatable bonds is 3. The molecule has 2 aliphatic heterocycles. The fourth-order valence-electron chi connectivity index (χ4n) is 3.73. The average Bonchev–Trinajstić information content (AvgIpc) is 3.25. The van der Waals surface area contributed by atoms with Gasteiger partial charge in [-0.05, 0) is 44.0 Å². The molecule has 0 atom stereocenters. The number of carbonyl (C=O) groups excluding carboxylic acids is 1. The third-order valence-electron chi connectivity index (χ3n) is 5.49. The first-order valence-corrected chi connectivity index (χ1v) is 11.6. The van der Waals surface area contributed by atoms with E-state index in [1.807, 2.05) is 6.92 Å². The number of benzene rings is 1. The predicted octanol–water partition coefficient (Wildman–Crippen LogP) is 2.18. The largest absolute Gasteiger partial charge is 0.345 e. The van der Waals surface area contributed by atoms with Gasteiger partial charge in [-0.25, -0.2) is 13.4 Å². The molecule has 1 aromatic carbocycles. The van der Waals surface area contributed by atoms with E-state index >= 15 is 0 Å². The lowest BCUT2D eigenvalue weighted by Gasteiger charge is -2.33. The Morgan fingerprint density at radius 2 is 1.82 bits per heavy atom. The van der Waals surface area contributed by atoms with E-state index in [2.05, 4.69) is 16.8 Å². The molecule has 0 bridgehead atoms. The van der Waals surface area contributed by atoms with E-state index in [1.54, 1.807) is 38.7 Å². The first kappa shape index (κ1) is 19.4. The van der Waals surface area contributed by atoms with Crippen molar-refractivity contribution in [3.63, 3.8) is 0 Å². The molecule has 1 saturated heterocycles. The summed E-state index contributed by atoms with van der Waals surface area (Å²) in [6.07, 6.45) is 0.689. The lowest BCUT2D eigenvalue weighted by molar-refractivity contribution is -0.116. The number of aromatic nitrogens is 1. The monoisotopic (exact) mass is 420 g/mol. The third-order valence-corrected chi connectivity index (χ3v) is 8.52. The Hall–Kier alpha value is -1.97. The van der Waals surface area contributed by atoms with Gasteiger partial charge in [0.25, 0.3) is 0 Å². The number of hydrogen-bond acceptors (Lipinski definition) is 6. The zero-order chi connectivity index (χ0) is 20.1. The molecule has 7 nitrogen and oxygen atoms in total. The van der Waals surface area contributed by atoms with Crippen molar-refractivity contribution in [3.8, 4) is 0 Å². The SMILES string of the molecule is CC(=O)N1CCc2cc(S(=O)(=O)N3CCN(c4nc(C)c(C)s4)CC3)ccc21. The molecule has 150 valence electrons. The molecule has 28 heavy (non-hydrogen) atoms. The summed E-state index contributed by atoms with van der Waals surface area (Å²) in [6.45, 7) is 8.34. The highest BCUT2D eigenvalue weighted by Gasteiger charge is 2.31. The van der Waals surface area contributed by atoms with Gasteiger partial charge in [-0.15, -0.1) is 11.3 Å². The van der Waals surface area contributed by atoms with Crippen molar-refractivity contribution < 1.29 is 13.2 Å². The summed E-state index contributed by atoms with van der Waals surface area (Å²) in [7, 11) is -3.54. The lowest BCUT2D eigenvalue weighted by atomic mass is 10.2. The van der Waals surface area contributed by atoms with Gasteiger partial charge in [0, 0.05) is 50.2 Å². The molecule has 1 aromatic heterocycles. The molecule has 0 N–H and O–H groups in total. The van der Waals surface area contributed by atoms with E-state index in [0.29, 0.717) is 44.0 Å². The van der Waals surface area contributed by atoms with E-state index in [-0.39, 0.29) is 5.91 Å². The number of sulfonamides is 1. The van der Waals surface area contributed by atoms with Gasteiger partial charge in [0.1, 0.15) is 0 Å². The van der Waals surface area contributed by atoms with Crippen molar-refractivity contribution in [1.82, 2.24) is 9.29 Å². The van der Waals surface area contributed by atoms with Crippen LogP contribution in [0.4, 0.5) is 10.8 Å². The molecule has 0 unspecified atom stereocenters. The van der Waals surface area contributed by atoms with Crippen molar-refractivity contribution in [2.24, 2.45) is 0 Å². The standard InChI is InChI=1S/C19H24N4O3S2/c1-13-14(2)27-19(20-13)21-8-10-22(11-9-21)28(25,26)17-4-5-18-16(12-17)6-7-23(18)15(3)24/h4-5,12H,6-11H2,1-3H3. The smallest absolute Gasteiger partial charge is 0.243 e. The fraction of sp³-hybridized carbons (Fsp3) is 0.474. The van der Waals surface area contributed by atoms with Gasteiger partial charge in [-0.1, -0.05) is 0 Å². The van der Waals surface area contributed by atoms with Gasteiger partial charge in [-0.2, -0.15) is 4.31 Å². The summed E-state index contributed by atoms with van der Waals surface area (Å²) in [6, 6.07) is 5.11. The Bertz CT molecular complexity index is 1000. The number of anilines is 2. The quantitative estimate of drug-likeness (QED) is 0.761. The summed E-state index contributed by atoms with van der Waals surface area (Å²) in [5, 5.41) is 0.967. The van der Waals surface area contributed by atoms with Gasteiger partial charge < -0.3 is 9.80 Å². The highest BCUT2D eigenvalue weighted by atomic mass is 32.2. The van der Waals surface area contributed by atoms with Crippen LogP contribution in [0.1, 0.15) is 23.1 Å². The van der Waals surface area contributed by atoms with Crippen LogP contribution in [0.3, 0.4) is 0 Å². The first-order chi connectivity index (χ1) is 13.3. The number of amides is 1. The second kappa shape index (κ2) is 7.13. The zero-order valence-corrected chi connectivity index (χ0v) is 17.9. The normalized spacial score (nSPS) is 17.8. The van der Waals surface area contributed by atoms with Gasteiger partial charge >= 0.3 is 0 Å². The van der Waals surface area contributed by atoms with E-state index in [9.17, 15) is 13.2 Å². The molecule has 1 amide bonds. The molecular weight excluding hydrogens is 396 g/mol. The van der Waals surface area contributed by atoms with E-state index in [1.165, 1.54) is 11.8 Å². The maximum atomic E-state index is 13.1. The number of nitrogens with zero attached hydrogens (tertiary/aromatic N) is 4. The Morgan fingerprint density at radius 3 is 2.43 bits per heavy atom. The summed E-state index contributed by atoms with van der Waals surface area (Å²) < 4.78 is 27.8. The highest BCUT2D eigenvalue weighted by molar-refractivity contribution is 7.89. The molecule has 0 saturated carbocycles. The fourth-order valence-corrected chi connectivity index (χ4v) is 6.16. The lowest BCUT2D eigenvalue weighted by Crippen LogP contribution is -2.48. The molecule has 4 rings (SSSR count). The van der Waals surface area contributed by atoms with Crippen molar-refractivity contribution in [3.05, 3.63) is 34.3 Å². The maximum Gasteiger partial charge on any atom is 0.243 e. The minimum Gasteiger partial charge on any atom is -0.345 e. The maximum absolute atomic E-state index is 13.1. The predicted molar refractivity (Wildman–Crippen MR) is 111 cm³/mol. The third kappa shape index (κ3) is 3.31. The summed E-state index contributed by atoms with van der Waals surface area (Å²) >= 11 is 1.66. The molecule has 2 aliphatic rings. The molecule has 0 aliphatic carbocycles. The van der Waals surface area contributed by atoms with E-state index in [4.69, 9.17) is 0 Å². The van der Waals surface area contributed by atoms with Crippen LogP contribution in [-0.2, 0) is 21.2 Å². The van der Waals surface area contributed by atoms with Gasteiger partial charge in [0.2, 0.25) is 15.9 Å². The molecule has 1 fully saturated rings. The molecule has 2 aromatic rings. The summed E-state index contributed by atoms with van der Waals surface area (Å²) in [5.41, 5.74) is 2.78. The number of piperazine rings is 1. The number of fused-ring (bicyclic) bond motifs is 1. The Morgan fingerprint density at radius 1 is 1.11 bits per heavy atom. The van der Waals surface area contributed by atoms with E-state index < -0.39 is 10.0 Å². The van der Waals surface area contributed by atoms with Crippen LogP contribution in [0, 0.1) is 13.8 Å². The van der Waals surface area contributed by atoms with Crippen LogP contribution >= 0.6 is 11.3 Å². The first-order valence-electron chi connectivity index (χ1n) is 9.37. The van der Waals surface area contributed by atoms with Crippen LogP contribution < -0.4 is 9.80 Å². The Balaban J connectivity index is 1.50. The summed E-state index contributed by atoms with van der Waals surface area (Å²) in [5.74, 6) is -0.0156. The van der Waals surface area contributed by atoms with Crippen molar-refractivity contribution in [2.45, 2.75) is 32.1 Å². The molecule has 0 spiro atoms. The van der Waals surface area contributed by atoms with Crippen LogP contribution in [0.2, 0.25) is 0 Å². The van der Waals surface area contributed by atoms with Crippen LogP contribution in [0.15, 0.2) is 23.1 Å². The number of carbonyl (C=O) groups is 1. The average molecular weight is 421 g/mol. The van der Waals surface area contributed by atoms with Crippen molar-refractivity contribution >= 4 is 38.1 Å². The zero-order valence-electron chi connectivity index (χ0n) is 16.3. The van der Waals surface area contributed by atoms with Gasteiger partial charge in [0.15, 0.2) is 5.13 Å². The minimum atomic E-state index is -3.54. The molecule has 0 radical (unpaired) electrons. The van der Waals surface area contributed by atoms with Gasteiger partial charge in [0.05, 0.1) is 10.6 Å². The topological polar surface area (TPSA) is 73.8 Å². The van der Waals surface area contributed by atoms with Crippen LogP contribution in [0.5, 0.6) is 0 Å². The molecule has 3 heterocycles. The van der Waals surface area contributed by atoms with Gasteiger partial charge in [-0.3, -0.25) is 4.79 Å². The number of hydrogen-bond donors (Lipinski definition) is 0. The van der Waals surface area contributed by atoms with Crippen molar-refractivity contribution in [2.75, 3.05) is 42.5 Å². The van der Waals surface area contributed by atoms with Crippen LogP contribution in [-0.4, -0.2) is 56.3 Å². The Labute approximate surface area is 169 Å². The molecule has 9 heteroatoms. The van der Waals surface area contributed by atoms with Crippen LogP contribution in [0.25, 0.3) is 0 Å².